The lowest BCUT2D eigenvalue weighted by atomic mass is 10.1. The molecule has 0 spiro atoms. The van der Waals surface area contributed by atoms with Gasteiger partial charge in [-0.3, -0.25) is 4.79 Å². The Morgan fingerprint density at radius 2 is 2.05 bits per heavy atom. The Morgan fingerprint density at radius 1 is 1.40 bits per heavy atom. The van der Waals surface area contributed by atoms with Gasteiger partial charge in [0.05, 0.1) is 11.6 Å². The largest absolute Gasteiger partial charge is 0.496 e. The van der Waals surface area contributed by atoms with Gasteiger partial charge in [0.2, 0.25) is 0 Å². The average molecular weight is 363 g/mol. The molecule has 0 radical (unpaired) electrons. The number of hydrogen-bond donors (Lipinski definition) is 0. The van der Waals surface area contributed by atoms with E-state index in [2.05, 4.69) is 29.8 Å². The number of ether oxygens (including phenoxy) is 1. The minimum atomic E-state index is 0.0164. The normalized spacial score (nSPS) is 10.7. The molecular weight excluding hydrogens is 342 g/mol. The quantitative estimate of drug-likeness (QED) is 0.676. The Hall–Kier alpha value is -0.740. The number of benzene rings is 1. The lowest BCUT2D eigenvalue weighted by Crippen LogP contribution is -2.41. The molecule has 0 bridgehead atoms. The van der Waals surface area contributed by atoms with Crippen LogP contribution < -0.4 is 4.74 Å². The summed E-state index contributed by atoms with van der Waals surface area (Å²) in [5, 5.41) is 0. The van der Waals surface area contributed by atoms with Crippen LogP contribution in [0.5, 0.6) is 5.75 Å². The molecule has 0 atom stereocenters. The van der Waals surface area contributed by atoms with Crippen molar-refractivity contribution in [3.8, 4) is 5.75 Å². The second-order valence-electron chi connectivity index (χ2n) is 4.51. The van der Waals surface area contributed by atoms with Crippen molar-refractivity contribution >= 4 is 33.4 Å². The monoisotopic (exact) mass is 361 g/mol. The van der Waals surface area contributed by atoms with E-state index in [1.54, 1.807) is 25.3 Å². The summed E-state index contributed by atoms with van der Waals surface area (Å²) < 4.78 is 5.96. The molecule has 0 aliphatic heterocycles. The SMILES string of the molecule is CCC(CC)N(CCCl)C(=O)c1ccc(OC)c(Br)c1. The lowest BCUT2D eigenvalue weighted by Gasteiger charge is -2.30. The van der Waals surface area contributed by atoms with Gasteiger partial charge >= 0.3 is 0 Å². The van der Waals surface area contributed by atoms with E-state index in [1.165, 1.54) is 0 Å². The third-order valence-electron chi connectivity index (χ3n) is 3.37. The maximum atomic E-state index is 12.7. The number of methoxy groups -OCH3 is 1. The molecular formula is C15H21BrClNO2. The minimum Gasteiger partial charge on any atom is -0.496 e. The van der Waals surface area contributed by atoms with Gasteiger partial charge in [0.15, 0.2) is 0 Å². The van der Waals surface area contributed by atoms with Gasteiger partial charge in [0, 0.05) is 24.0 Å². The van der Waals surface area contributed by atoms with Gasteiger partial charge in [-0.1, -0.05) is 13.8 Å². The van der Waals surface area contributed by atoms with Crippen molar-refractivity contribution < 1.29 is 9.53 Å². The summed E-state index contributed by atoms with van der Waals surface area (Å²) in [4.78, 5) is 14.5. The van der Waals surface area contributed by atoms with E-state index in [0.29, 0.717) is 23.7 Å². The molecule has 1 aromatic rings. The van der Waals surface area contributed by atoms with Crippen LogP contribution in [0.4, 0.5) is 0 Å². The molecule has 0 aromatic heterocycles. The number of carbonyl (C=O) groups excluding carboxylic acids is 1. The predicted molar refractivity (Wildman–Crippen MR) is 86.8 cm³/mol. The van der Waals surface area contributed by atoms with Crippen LogP contribution in [0.3, 0.4) is 0 Å². The van der Waals surface area contributed by atoms with Crippen LogP contribution in [0.25, 0.3) is 0 Å². The first kappa shape index (κ1) is 17.3. The topological polar surface area (TPSA) is 29.5 Å². The Labute approximate surface area is 134 Å². The Bertz CT molecular complexity index is 449. The number of nitrogens with zero attached hydrogens (tertiary/aromatic N) is 1. The van der Waals surface area contributed by atoms with Crippen LogP contribution in [-0.4, -0.2) is 36.4 Å². The van der Waals surface area contributed by atoms with Crippen LogP contribution in [0, 0.1) is 0 Å². The van der Waals surface area contributed by atoms with E-state index in [4.69, 9.17) is 16.3 Å². The first-order chi connectivity index (χ1) is 9.58. The molecule has 112 valence electrons. The van der Waals surface area contributed by atoms with E-state index in [1.807, 2.05) is 4.90 Å². The van der Waals surface area contributed by atoms with Crippen LogP contribution >= 0.6 is 27.5 Å². The highest BCUT2D eigenvalue weighted by Gasteiger charge is 2.22. The number of carbonyl (C=O) groups is 1. The Morgan fingerprint density at radius 3 is 2.50 bits per heavy atom. The zero-order valence-electron chi connectivity index (χ0n) is 12.2. The molecule has 0 N–H and O–H groups in total. The molecule has 20 heavy (non-hydrogen) atoms. The zero-order valence-corrected chi connectivity index (χ0v) is 14.5. The summed E-state index contributed by atoms with van der Waals surface area (Å²) in [6.07, 6.45) is 1.85. The molecule has 0 fully saturated rings. The Balaban J connectivity index is 3.02. The molecule has 0 saturated heterocycles. The highest BCUT2D eigenvalue weighted by Crippen LogP contribution is 2.26. The van der Waals surface area contributed by atoms with Crippen molar-refractivity contribution in [2.75, 3.05) is 19.5 Å². The smallest absolute Gasteiger partial charge is 0.254 e. The maximum Gasteiger partial charge on any atom is 0.254 e. The molecule has 1 rings (SSSR count). The molecule has 1 aromatic carbocycles. The second kappa shape index (κ2) is 8.53. The van der Waals surface area contributed by atoms with E-state index in [-0.39, 0.29) is 11.9 Å². The zero-order chi connectivity index (χ0) is 15.1. The van der Waals surface area contributed by atoms with Crippen molar-refractivity contribution in [2.24, 2.45) is 0 Å². The summed E-state index contributed by atoms with van der Waals surface area (Å²) >= 11 is 9.25. The highest BCUT2D eigenvalue weighted by molar-refractivity contribution is 9.10. The summed E-state index contributed by atoms with van der Waals surface area (Å²) in [5.41, 5.74) is 0.648. The number of rotatable bonds is 7. The third kappa shape index (κ3) is 4.13. The summed E-state index contributed by atoms with van der Waals surface area (Å²) in [5.74, 6) is 1.18. The maximum absolute atomic E-state index is 12.7. The summed E-state index contributed by atoms with van der Waals surface area (Å²) in [6.45, 7) is 4.75. The summed E-state index contributed by atoms with van der Waals surface area (Å²) in [6, 6.07) is 5.60. The number of halogens is 2. The molecule has 5 heteroatoms. The van der Waals surface area contributed by atoms with Crippen LogP contribution in [0.15, 0.2) is 22.7 Å². The molecule has 3 nitrogen and oxygen atoms in total. The number of amides is 1. The summed E-state index contributed by atoms with van der Waals surface area (Å²) in [7, 11) is 1.60. The van der Waals surface area contributed by atoms with E-state index >= 15 is 0 Å². The van der Waals surface area contributed by atoms with Crippen molar-refractivity contribution in [2.45, 2.75) is 32.7 Å². The van der Waals surface area contributed by atoms with Gasteiger partial charge in [-0.25, -0.2) is 0 Å². The van der Waals surface area contributed by atoms with Crippen LogP contribution in [0.2, 0.25) is 0 Å². The fourth-order valence-corrected chi connectivity index (χ4v) is 2.96. The average Bonchev–Trinajstić information content (AvgIpc) is 2.46. The highest BCUT2D eigenvalue weighted by atomic mass is 79.9. The third-order valence-corrected chi connectivity index (χ3v) is 4.16. The number of hydrogen-bond acceptors (Lipinski definition) is 2. The van der Waals surface area contributed by atoms with Gasteiger partial charge in [-0.15, -0.1) is 11.6 Å². The fourth-order valence-electron chi connectivity index (χ4n) is 2.24. The second-order valence-corrected chi connectivity index (χ2v) is 5.74. The predicted octanol–water partition coefficient (Wildman–Crippen LogP) is 4.33. The lowest BCUT2D eigenvalue weighted by molar-refractivity contribution is 0.0681. The van der Waals surface area contributed by atoms with Crippen molar-refractivity contribution in [3.05, 3.63) is 28.2 Å². The molecule has 0 aliphatic carbocycles. The van der Waals surface area contributed by atoms with Crippen molar-refractivity contribution in [1.82, 2.24) is 4.90 Å². The Kier molecular flexibility index (Phi) is 7.38. The molecule has 0 unspecified atom stereocenters. The van der Waals surface area contributed by atoms with Gasteiger partial charge in [0.25, 0.3) is 5.91 Å². The van der Waals surface area contributed by atoms with Crippen molar-refractivity contribution in [1.29, 1.82) is 0 Å². The van der Waals surface area contributed by atoms with E-state index < -0.39 is 0 Å². The first-order valence-corrected chi connectivity index (χ1v) is 8.12. The van der Waals surface area contributed by atoms with Gasteiger partial charge in [-0.05, 0) is 47.0 Å². The molecule has 0 heterocycles. The van der Waals surface area contributed by atoms with Crippen molar-refractivity contribution in [3.63, 3.8) is 0 Å². The van der Waals surface area contributed by atoms with E-state index in [9.17, 15) is 4.79 Å². The first-order valence-electron chi connectivity index (χ1n) is 6.79. The van der Waals surface area contributed by atoms with E-state index in [0.717, 1.165) is 17.3 Å². The number of alkyl halides is 1. The standard InChI is InChI=1S/C15H21BrClNO2/c1-4-12(5-2)18(9-8-17)15(19)11-6-7-14(20-3)13(16)10-11/h6-7,10,12H,4-5,8-9H2,1-3H3. The van der Waals surface area contributed by atoms with Gasteiger partial charge < -0.3 is 9.64 Å². The van der Waals surface area contributed by atoms with Gasteiger partial charge in [0.1, 0.15) is 5.75 Å². The van der Waals surface area contributed by atoms with Gasteiger partial charge in [-0.2, -0.15) is 0 Å². The van der Waals surface area contributed by atoms with Crippen LogP contribution in [0.1, 0.15) is 37.0 Å². The molecule has 0 saturated carbocycles. The minimum absolute atomic E-state index is 0.0164. The molecule has 0 aliphatic rings. The fraction of sp³-hybridized carbons (Fsp3) is 0.533. The molecule has 1 amide bonds. The van der Waals surface area contributed by atoms with Crippen LogP contribution in [-0.2, 0) is 0 Å².